The molecule has 160 valence electrons. The summed E-state index contributed by atoms with van der Waals surface area (Å²) >= 11 is 0. The number of rotatable bonds is 5. The van der Waals surface area contributed by atoms with Gasteiger partial charge < -0.3 is 14.0 Å². The molecule has 0 saturated carbocycles. The average molecular weight is 424 g/mol. The maximum atomic E-state index is 5.59. The molecule has 0 spiro atoms. The van der Waals surface area contributed by atoms with Crippen LogP contribution in [0.1, 0.15) is 16.7 Å². The number of aromatic nitrogens is 3. The molecule has 0 aromatic heterocycles. The Kier molecular flexibility index (Phi) is 5.02. The molecule has 0 N–H and O–H groups in total. The number of methoxy groups -OCH3 is 2. The van der Waals surface area contributed by atoms with Crippen molar-refractivity contribution in [2.45, 2.75) is 20.4 Å². The average Bonchev–Trinajstić information content (AvgIpc) is 3.22. The van der Waals surface area contributed by atoms with Gasteiger partial charge >= 0.3 is 0 Å². The van der Waals surface area contributed by atoms with Crippen LogP contribution in [0.3, 0.4) is 0 Å². The summed E-state index contributed by atoms with van der Waals surface area (Å²) in [7, 11) is 3.31. The van der Waals surface area contributed by atoms with Crippen molar-refractivity contribution in [3.05, 3.63) is 83.6 Å². The van der Waals surface area contributed by atoms with Gasteiger partial charge in [0.05, 0.1) is 19.7 Å². The van der Waals surface area contributed by atoms with E-state index in [0.717, 1.165) is 40.0 Å². The minimum atomic E-state index is 0.675. The summed E-state index contributed by atoms with van der Waals surface area (Å²) in [5.41, 5.74) is 8.52. The lowest BCUT2D eigenvalue weighted by Gasteiger charge is -2.18. The van der Waals surface area contributed by atoms with Crippen molar-refractivity contribution in [3.8, 4) is 34.0 Å². The van der Waals surface area contributed by atoms with Crippen LogP contribution in [0, 0.1) is 13.8 Å². The molecule has 0 bridgehead atoms. The summed E-state index contributed by atoms with van der Waals surface area (Å²) in [6, 6.07) is 21.0. The first kappa shape index (κ1) is 20.1. The summed E-state index contributed by atoms with van der Waals surface area (Å²) in [4.78, 5) is 0. The molecule has 0 radical (unpaired) electrons. The van der Waals surface area contributed by atoms with Crippen LogP contribution in [0.2, 0.25) is 0 Å². The molecule has 32 heavy (non-hydrogen) atoms. The Morgan fingerprint density at radius 1 is 0.781 bits per heavy atom. The third-order valence-corrected chi connectivity index (χ3v) is 5.87. The van der Waals surface area contributed by atoms with Crippen LogP contribution in [0.5, 0.6) is 11.5 Å². The molecular weight excluding hydrogens is 398 g/mol. The molecule has 0 fully saturated rings. The van der Waals surface area contributed by atoms with Crippen LogP contribution in [0.25, 0.3) is 33.4 Å². The standard InChI is InChI=1S/C27H25N3O2/c1-17-8-10-20(11-9-17)26-22-16-30(15-19-7-5-6-18(2)12-19)23-14-25(32-4)24(31-3)13-21(23)27(22)29-28-26/h5-14,16H,15H2,1-4H3. The highest BCUT2D eigenvalue weighted by molar-refractivity contribution is 5.99. The summed E-state index contributed by atoms with van der Waals surface area (Å²) in [5, 5.41) is 10.1. The van der Waals surface area contributed by atoms with E-state index < -0.39 is 0 Å². The molecule has 5 heteroatoms. The van der Waals surface area contributed by atoms with Gasteiger partial charge in [-0.25, -0.2) is 0 Å². The highest BCUT2D eigenvalue weighted by Crippen LogP contribution is 2.41. The first-order valence-electron chi connectivity index (χ1n) is 10.6. The Labute approximate surface area is 187 Å². The number of nitrogens with zero attached hydrogens (tertiary/aromatic N) is 3. The molecule has 0 amide bonds. The Balaban J connectivity index is 1.77. The second-order valence-electron chi connectivity index (χ2n) is 8.15. The van der Waals surface area contributed by atoms with Gasteiger partial charge in [0, 0.05) is 35.3 Å². The third-order valence-electron chi connectivity index (χ3n) is 5.87. The van der Waals surface area contributed by atoms with E-state index in [1.54, 1.807) is 14.2 Å². The molecule has 2 aliphatic rings. The predicted molar refractivity (Wildman–Crippen MR) is 128 cm³/mol. The molecule has 0 saturated heterocycles. The van der Waals surface area contributed by atoms with E-state index in [1.165, 1.54) is 16.7 Å². The lowest BCUT2D eigenvalue weighted by Crippen LogP contribution is -2.05. The number of benzene rings is 3. The second kappa shape index (κ2) is 8.00. The smallest absolute Gasteiger partial charge is 0.162 e. The lowest BCUT2D eigenvalue weighted by atomic mass is 10.0. The van der Waals surface area contributed by atoms with Crippen molar-refractivity contribution in [1.82, 2.24) is 14.8 Å². The zero-order valence-corrected chi connectivity index (χ0v) is 18.7. The highest BCUT2D eigenvalue weighted by atomic mass is 16.5. The summed E-state index contributed by atoms with van der Waals surface area (Å²) in [6.07, 6.45) is 2.15. The zero-order valence-electron chi connectivity index (χ0n) is 18.7. The molecule has 2 aliphatic heterocycles. The van der Waals surface area contributed by atoms with Crippen LogP contribution in [0.15, 0.2) is 66.9 Å². The van der Waals surface area contributed by atoms with Gasteiger partial charge in [-0.1, -0.05) is 59.7 Å². The maximum Gasteiger partial charge on any atom is 0.162 e. The second-order valence-corrected chi connectivity index (χ2v) is 8.15. The van der Waals surface area contributed by atoms with E-state index in [2.05, 4.69) is 83.3 Å². The Bertz CT molecular complexity index is 1390. The minimum Gasteiger partial charge on any atom is -0.493 e. The van der Waals surface area contributed by atoms with Crippen molar-refractivity contribution in [1.29, 1.82) is 0 Å². The Morgan fingerprint density at radius 2 is 1.50 bits per heavy atom. The lowest BCUT2D eigenvalue weighted by molar-refractivity contribution is 0.355. The molecule has 3 aromatic rings. The number of hydrogen-bond acceptors (Lipinski definition) is 4. The Morgan fingerprint density at radius 3 is 2.22 bits per heavy atom. The summed E-state index contributed by atoms with van der Waals surface area (Å²) in [6.45, 7) is 4.92. The predicted octanol–water partition coefficient (Wildman–Crippen LogP) is 5.89. The van der Waals surface area contributed by atoms with Gasteiger partial charge in [-0.2, -0.15) is 0 Å². The number of fused-ring (bicyclic) bond motifs is 3. The van der Waals surface area contributed by atoms with Crippen molar-refractivity contribution in [2.24, 2.45) is 0 Å². The van der Waals surface area contributed by atoms with E-state index >= 15 is 0 Å². The fourth-order valence-electron chi connectivity index (χ4n) is 4.22. The van der Waals surface area contributed by atoms with E-state index in [4.69, 9.17) is 9.47 Å². The van der Waals surface area contributed by atoms with Gasteiger partial charge in [0.1, 0.15) is 11.4 Å². The van der Waals surface area contributed by atoms with Gasteiger partial charge in [0.2, 0.25) is 0 Å². The van der Waals surface area contributed by atoms with Gasteiger partial charge in [-0.15, -0.1) is 10.2 Å². The minimum absolute atomic E-state index is 0.675. The maximum absolute atomic E-state index is 5.59. The number of ether oxygens (including phenoxy) is 2. The molecule has 3 aromatic carbocycles. The first-order chi connectivity index (χ1) is 15.6. The number of aryl methyl sites for hydroxylation is 2. The first-order valence-corrected chi connectivity index (χ1v) is 10.6. The van der Waals surface area contributed by atoms with Crippen LogP contribution in [-0.2, 0) is 6.54 Å². The molecule has 5 nitrogen and oxygen atoms in total. The monoisotopic (exact) mass is 423 g/mol. The van der Waals surface area contributed by atoms with Crippen molar-refractivity contribution >= 4 is 10.9 Å². The highest BCUT2D eigenvalue weighted by Gasteiger charge is 2.22. The quantitative estimate of drug-likeness (QED) is 0.354. The van der Waals surface area contributed by atoms with Crippen LogP contribution in [0.4, 0.5) is 0 Å². The van der Waals surface area contributed by atoms with E-state index in [1.807, 2.05) is 12.1 Å². The normalized spacial score (nSPS) is 11.2. The van der Waals surface area contributed by atoms with Crippen LogP contribution >= 0.6 is 0 Å². The molecule has 0 unspecified atom stereocenters. The van der Waals surface area contributed by atoms with E-state index in [-0.39, 0.29) is 0 Å². The van der Waals surface area contributed by atoms with Crippen molar-refractivity contribution in [3.63, 3.8) is 0 Å². The van der Waals surface area contributed by atoms with Gasteiger partial charge in [0.25, 0.3) is 0 Å². The van der Waals surface area contributed by atoms with Crippen molar-refractivity contribution in [2.75, 3.05) is 14.2 Å². The van der Waals surface area contributed by atoms with E-state index in [9.17, 15) is 0 Å². The van der Waals surface area contributed by atoms with Crippen molar-refractivity contribution < 1.29 is 9.47 Å². The van der Waals surface area contributed by atoms with E-state index in [0.29, 0.717) is 11.5 Å². The molecule has 0 atom stereocenters. The van der Waals surface area contributed by atoms with Crippen LogP contribution < -0.4 is 9.47 Å². The number of pyridine rings is 1. The van der Waals surface area contributed by atoms with Crippen LogP contribution in [-0.4, -0.2) is 29.0 Å². The summed E-state index contributed by atoms with van der Waals surface area (Å²) in [5.74, 6) is 1.37. The van der Waals surface area contributed by atoms with Gasteiger partial charge in [-0.3, -0.25) is 0 Å². The fourth-order valence-corrected chi connectivity index (χ4v) is 4.22. The molecule has 2 heterocycles. The van der Waals surface area contributed by atoms with Gasteiger partial charge in [-0.05, 0) is 25.5 Å². The molecule has 5 rings (SSSR count). The molecule has 0 aliphatic carbocycles. The summed E-state index contributed by atoms with van der Waals surface area (Å²) < 4.78 is 13.4. The molecular formula is C27H25N3O2. The zero-order chi connectivity index (χ0) is 22.2. The SMILES string of the molecule is COc1cc2c3nnc(-c4ccc(C)cc4)c-3cn(Cc3cccc(C)c3)c2cc1OC. The largest absolute Gasteiger partial charge is 0.493 e. The van der Waals surface area contributed by atoms with Gasteiger partial charge in [0.15, 0.2) is 11.5 Å². The Hall–Kier alpha value is -3.86. The third kappa shape index (κ3) is 3.46. The fraction of sp³-hybridized carbons (Fsp3) is 0.185. The topological polar surface area (TPSA) is 49.2 Å². The number of hydrogen-bond donors (Lipinski definition) is 0.